The number of thiazole rings is 1. The number of esters is 1. The van der Waals surface area contributed by atoms with Crippen LogP contribution in [-0.4, -0.2) is 33.4 Å². The van der Waals surface area contributed by atoms with E-state index >= 15 is 0 Å². The second-order valence-electron chi connectivity index (χ2n) is 6.17. The van der Waals surface area contributed by atoms with E-state index in [1.165, 1.54) is 29.2 Å². The molecule has 8 nitrogen and oxygen atoms in total. The third kappa shape index (κ3) is 6.82. The van der Waals surface area contributed by atoms with E-state index in [0.29, 0.717) is 34.0 Å². The number of hydrogen-bond donors (Lipinski definition) is 2. The summed E-state index contributed by atoms with van der Waals surface area (Å²) in [6.07, 6.45) is -0.00652. The van der Waals surface area contributed by atoms with Gasteiger partial charge in [-0.25, -0.2) is 9.97 Å². The molecule has 2 N–H and O–H groups in total. The maximum atomic E-state index is 12.3. The molecular weight excluding hydrogens is 424 g/mol. The molecule has 0 aliphatic carbocycles. The van der Waals surface area contributed by atoms with Gasteiger partial charge in [-0.15, -0.1) is 11.3 Å². The standard InChI is InChI=1S/C20H20N4O4S2/c1-2-28-18(27)10-15-12-30-20(22-15)24-17(26)9-14-8-16(25)23-19(21-14)29-11-13-6-4-3-5-7-13/h3-8,12H,2,9-11H2,1H3,(H,21,23,25)(H,22,24,26). The van der Waals surface area contributed by atoms with E-state index in [2.05, 4.69) is 20.3 Å². The van der Waals surface area contributed by atoms with Crippen LogP contribution in [0.2, 0.25) is 0 Å². The molecule has 1 aromatic carbocycles. The Kier molecular flexibility index (Phi) is 7.75. The van der Waals surface area contributed by atoms with Crippen molar-refractivity contribution in [1.29, 1.82) is 0 Å². The quantitative estimate of drug-likeness (QED) is 0.296. The van der Waals surface area contributed by atoms with Gasteiger partial charge in [0.1, 0.15) is 0 Å². The van der Waals surface area contributed by atoms with Gasteiger partial charge in [0.15, 0.2) is 10.3 Å². The van der Waals surface area contributed by atoms with Crippen LogP contribution >= 0.6 is 23.1 Å². The minimum Gasteiger partial charge on any atom is -0.466 e. The fourth-order valence-electron chi connectivity index (χ4n) is 2.50. The lowest BCUT2D eigenvalue weighted by molar-refractivity contribution is -0.142. The molecule has 0 saturated carbocycles. The summed E-state index contributed by atoms with van der Waals surface area (Å²) in [6.45, 7) is 2.04. The Bertz CT molecular complexity index is 1070. The molecule has 2 aromatic heterocycles. The van der Waals surface area contributed by atoms with Gasteiger partial charge < -0.3 is 15.0 Å². The molecule has 3 aromatic rings. The first-order valence-electron chi connectivity index (χ1n) is 9.18. The molecule has 30 heavy (non-hydrogen) atoms. The number of nitrogens with zero attached hydrogens (tertiary/aromatic N) is 2. The monoisotopic (exact) mass is 444 g/mol. The van der Waals surface area contributed by atoms with Crippen LogP contribution in [0, 0.1) is 0 Å². The number of amides is 1. The normalized spacial score (nSPS) is 10.6. The summed E-state index contributed by atoms with van der Waals surface area (Å²) < 4.78 is 4.88. The van der Waals surface area contributed by atoms with Crippen molar-refractivity contribution in [1.82, 2.24) is 15.0 Å². The highest BCUT2D eigenvalue weighted by atomic mass is 32.2. The Hall–Kier alpha value is -2.98. The van der Waals surface area contributed by atoms with E-state index in [1.54, 1.807) is 12.3 Å². The van der Waals surface area contributed by atoms with E-state index in [-0.39, 0.29) is 30.3 Å². The average molecular weight is 445 g/mol. The van der Waals surface area contributed by atoms with Gasteiger partial charge in [-0.1, -0.05) is 42.1 Å². The topological polar surface area (TPSA) is 114 Å². The van der Waals surface area contributed by atoms with Gasteiger partial charge in [-0.05, 0) is 12.5 Å². The summed E-state index contributed by atoms with van der Waals surface area (Å²) in [7, 11) is 0. The van der Waals surface area contributed by atoms with Crippen molar-refractivity contribution in [2.75, 3.05) is 11.9 Å². The summed E-state index contributed by atoms with van der Waals surface area (Å²) in [6, 6.07) is 11.1. The number of ether oxygens (including phenoxy) is 1. The molecule has 0 saturated heterocycles. The molecule has 0 bridgehead atoms. The number of thioether (sulfide) groups is 1. The van der Waals surface area contributed by atoms with Crippen molar-refractivity contribution in [3.8, 4) is 0 Å². The zero-order chi connectivity index (χ0) is 21.3. The highest BCUT2D eigenvalue weighted by Gasteiger charge is 2.12. The SMILES string of the molecule is CCOC(=O)Cc1csc(NC(=O)Cc2cc(=O)[nH]c(SCc3ccccc3)n2)n1. The fraction of sp³-hybridized carbons (Fsp3) is 0.250. The Morgan fingerprint density at radius 3 is 2.73 bits per heavy atom. The van der Waals surface area contributed by atoms with Crippen LogP contribution < -0.4 is 10.9 Å². The lowest BCUT2D eigenvalue weighted by atomic mass is 10.2. The number of carbonyl (C=O) groups excluding carboxylic acids is 2. The van der Waals surface area contributed by atoms with Crippen molar-refractivity contribution in [3.05, 3.63) is 69.1 Å². The number of benzene rings is 1. The molecule has 3 rings (SSSR count). The van der Waals surface area contributed by atoms with Gasteiger partial charge in [0.05, 0.1) is 30.8 Å². The first-order chi connectivity index (χ1) is 14.5. The first kappa shape index (κ1) is 21.7. The summed E-state index contributed by atoms with van der Waals surface area (Å²) in [5, 5.41) is 5.20. The molecule has 0 radical (unpaired) electrons. The van der Waals surface area contributed by atoms with Gasteiger partial charge in [-0.3, -0.25) is 14.4 Å². The number of hydrogen-bond acceptors (Lipinski definition) is 8. The predicted molar refractivity (Wildman–Crippen MR) is 116 cm³/mol. The molecule has 0 atom stereocenters. The number of rotatable bonds is 9. The molecule has 0 fully saturated rings. The van der Waals surface area contributed by atoms with Gasteiger partial charge in [0.2, 0.25) is 5.91 Å². The maximum absolute atomic E-state index is 12.3. The van der Waals surface area contributed by atoms with E-state index < -0.39 is 0 Å². The summed E-state index contributed by atoms with van der Waals surface area (Å²) in [4.78, 5) is 47.0. The molecule has 10 heteroatoms. The van der Waals surface area contributed by atoms with Crippen LogP contribution in [0.4, 0.5) is 5.13 Å². The van der Waals surface area contributed by atoms with Crippen molar-refractivity contribution < 1.29 is 14.3 Å². The van der Waals surface area contributed by atoms with Gasteiger partial charge in [0, 0.05) is 17.2 Å². The lowest BCUT2D eigenvalue weighted by Gasteiger charge is -2.05. The molecule has 0 aliphatic rings. The molecule has 1 amide bonds. The van der Waals surface area contributed by atoms with E-state index in [9.17, 15) is 14.4 Å². The van der Waals surface area contributed by atoms with Crippen molar-refractivity contribution in [3.63, 3.8) is 0 Å². The Morgan fingerprint density at radius 1 is 1.17 bits per heavy atom. The maximum Gasteiger partial charge on any atom is 0.311 e. The lowest BCUT2D eigenvalue weighted by Crippen LogP contribution is -2.18. The zero-order valence-corrected chi connectivity index (χ0v) is 17.8. The van der Waals surface area contributed by atoms with Crippen LogP contribution in [0.25, 0.3) is 0 Å². The summed E-state index contributed by atoms with van der Waals surface area (Å²) in [5.74, 6) is -0.0556. The van der Waals surface area contributed by atoms with Gasteiger partial charge in [-0.2, -0.15) is 0 Å². The van der Waals surface area contributed by atoms with E-state index in [1.807, 2.05) is 30.3 Å². The Labute approximate surface area is 181 Å². The van der Waals surface area contributed by atoms with Crippen LogP contribution in [0.5, 0.6) is 0 Å². The molecule has 156 valence electrons. The summed E-state index contributed by atoms with van der Waals surface area (Å²) in [5.41, 5.74) is 1.70. The average Bonchev–Trinajstić information content (AvgIpc) is 3.13. The number of nitrogens with one attached hydrogen (secondary N) is 2. The number of carbonyl (C=O) groups is 2. The number of aromatic amines is 1. The zero-order valence-electron chi connectivity index (χ0n) is 16.2. The second-order valence-corrected chi connectivity index (χ2v) is 7.99. The highest BCUT2D eigenvalue weighted by molar-refractivity contribution is 7.98. The molecule has 0 spiro atoms. The van der Waals surface area contributed by atoms with Gasteiger partial charge in [0.25, 0.3) is 5.56 Å². The van der Waals surface area contributed by atoms with E-state index in [4.69, 9.17) is 4.74 Å². The number of aromatic nitrogens is 3. The largest absolute Gasteiger partial charge is 0.466 e. The molecule has 0 aliphatic heterocycles. The highest BCUT2D eigenvalue weighted by Crippen LogP contribution is 2.19. The summed E-state index contributed by atoms with van der Waals surface area (Å²) >= 11 is 2.61. The van der Waals surface area contributed by atoms with E-state index in [0.717, 1.165) is 5.56 Å². The minimum atomic E-state index is -0.367. The first-order valence-corrected chi connectivity index (χ1v) is 11.0. The fourth-order valence-corrected chi connectivity index (χ4v) is 4.08. The Morgan fingerprint density at radius 2 is 1.97 bits per heavy atom. The third-order valence-corrected chi connectivity index (χ3v) is 5.51. The van der Waals surface area contributed by atoms with Crippen LogP contribution in [-0.2, 0) is 32.9 Å². The molecule has 2 heterocycles. The minimum absolute atomic E-state index is 0.0534. The third-order valence-electron chi connectivity index (χ3n) is 3.76. The van der Waals surface area contributed by atoms with Gasteiger partial charge >= 0.3 is 5.97 Å². The Balaban J connectivity index is 1.57. The van der Waals surface area contributed by atoms with Crippen molar-refractivity contribution in [2.45, 2.75) is 30.7 Å². The van der Waals surface area contributed by atoms with Crippen LogP contribution in [0.3, 0.4) is 0 Å². The van der Waals surface area contributed by atoms with Crippen LogP contribution in [0.1, 0.15) is 23.9 Å². The predicted octanol–water partition coefficient (Wildman–Crippen LogP) is 2.81. The van der Waals surface area contributed by atoms with Crippen LogP contribution in [0.15, 0.2) is 51.7 Å². The smallest absolute Gasteiger partial charge is 0.311 e. The molecule has 0 unspecified atom stereocenters. The molecular formula is C20H20N4O4S2. The van der Waals surface area contributed by atoms with Crippen molar-refractivity contribution >= 4 is 40.1 Å². The van der Waals surface area contributed by atoms with Crippen molar-refractivity contribution in [2.24, 2.45) is 0 Å². The second kappa shape index (κ2) is 10.7. The number of H-pyrrole nitrogens is 1. The number of anilines is 1.